The van der Waals surface area contributed by atoms with Crippen LogP contribution in [0, 0.1) is 25.5 Å². The normalized spacial score (nSPS) is 11.3. The predicted molar refractivity (Wildman–Crippen MR) is 216 cm³/mol. The number of carbonyl (C=O) groups is 4. The maximum absolute atomic E-state index is 13.0. The summed E-state index contributed by atoms with van der Waals surface area (Å²) in [6.07, 6.45) is 0. The van der Waals surface area contributed by atoms with E-state index in [9.17, 15) is 47.8 Å². The molecule has 4 heterocycles. The van der Waals surface area contributed by atoms with Gasteiger partial charge in [0.1, 0.15) is 23.3 Å². The van der Waals surface area contributed by atoms with Crippen molar-refractivity contribution in [2.75, 3.05) is 0 Å². The number of nitrogens with zero attached hydrogens (tertiary/aromatic N) is 8. The Labute approximate surface area is 360 Å². The van der Waals surface area contributed by atoms with Gasteiger partial charge >= 0.3 is 23.6 Å². The van der Waals surface area contributed by atoms with E-state index in [4.69, 9.17) is 8.83 Å². The van der Waals surface area contributed by atoms with E-state index >= 15 is 0 Å². The minimum atomic E-state index is -1.27. The number of amides is 4. The molecule has 0 aliphatic carbocycles. The van der Waals surface area contributed by atoms with Crippen LogP contribution in [0.3, 0.4) is 0 Å². The number of nitrogens with one attached hydrogen (secondary N) is 4. The van der Waals surface area contributed by atoms with Crippen molar-refractivity contribution < 1.29 is 47.0 Å². The van der Waals surface area contributed by atoms with Crippen LogP contribution in [0.1, 0.15) is 105 Å². The third-order valence-electron chi connectivity index (χ3n) is 9.11. The second kappa shape index (κ2) is 18.8. The topological polar surface area (TPSA) is 304 Å². The van der Waals surface area contributed by atoms with E-state index in [1.807, 2.05) is 0 Å². The molecule has 6 rings (SSSR count). The first kappa shape index (κ1) is 46.9. The summed E-state index contributed by atoms with van der Waals surface area (Å²) >= 11 is 0. The summed E-state index contributed by atoms with van der Waals surface area (Å²) < 4.78 is 38.3. The van der Waals surface area contributed by atoms with Gasteiger partial charge in [-0.3, -0.25) is 37.9 Å². The first-order chi connectivity index (χ1) is 30.0. The Morgan fingerprint density at radius 1 is 0.594 bits per heavy atom. The van der Waals surface area contributed by atoms with E-state index < -0.39 is 80.3 Å². The van der Waals surface area contributed by atoms with Crippen molar-refractivity contribution in [3.05, 3.63) is 139 Å². The third kappa shape index (κ3) is 10.8. The molecule has 4 amide bonds. The summed E-state index contributed by atoms with van der Waals surface area (Å²) in [4.78, 5) is 83.4. The lowest BCUT2D eigenvalue weighted by Crippen LogP contribution is -2.46. The highest BCUT2D eigenvalue weighted by Gasteiger charge is 2.34. The number of hydrogen-bond acceptors (Lipinski definition) is 16. The summed E-state index contributed by atoms with van der Waals surface area (Å²) in [7, 11) is 2.69. The van der Waals surface area contributed by atoms with E-state index in [0.717, 1.165) is 9.13 Å². The molecular weight excluding hydrogens is 847 g/mol. The highest BCUT2D eigenvalue weighted by atomic mass is 19.1. The SMILES string of the molecule is Cc1nnc(C(=O)NC(C)(C)c2nc(C(=O)NCc3ccc(F)cc3)c(O)c(=O)n2C)o1.Cc1nnc(C(=O)NC(C)(C)c2nc(C(=O)NCc3ccc(F)cc3)c(O)c(=O)n2C)o1. The van der Waals surface area contributed by atoms with Crippen LogP contribution in [0.4, 0.5) is 8.78 Å². The molecule has 64 heavy (non-hydrogen) atoms. The molecule has 0 aliphatic rings. The van der Waals surface area contributed by atoms with Crippen molar-refractivity contribution in [3.8, 4) is 11.5 Å². The van der Waals surface area contributed by atoms with Crippen molar-refractivity contribution in [3.63, 3.8) is 0 Å². The molecule has 0 aliphatic heterocycles. The maximum atomic E-state index is 13.0. The Bertz CT molecular complexity index is 2660. The molecule has 0 fully saturated rings. The van der Waals surface area contributed by atoms with Crippen LogP contribution < -0.4 is 32.4 Å². The van der Waals surface area contributed by atoms with Gasteiger partial charge in [0.15, 0.2) is 11.4 Å². The minimum Gasteiger partial charge on any atom is -0.501 e. The van der Waals surface area contributed by atoms with Crippen molar-refractivity contribution in [2.45, 2.75) is 65.7 Å². The standard InChI is InChI=1S/2C20H21FN6O5/c2*1-10-25-26-17(32-10)16(30)24-20(2,3)19-23-13(14(28)18(31)27(19)4)15(29)22-9-11-5-7-12(21)8-6-11/h2*5-8,28H,9H2,1-4H3,(H,22,29)(H,24,30). The Kier molecular flexibility index (Phi) is 13.8. The second-order valence-corrected chi connectivity index (χ2v) is 15.0. The molecule has 6 aromatic rings. The number of benzene rings is 2. The van der Waals surface area contributed by atoms with Crippen LogP contribution in [-0.2, 0) is 38.3 Å². The van der Waals surface area contributed by atoms with Gasteiger partial charge in [-0.05, 0) is 63.1 Å². The predicted octanol–water partition coefficient (Wildman–Crippen LogP) is 1.82. The van der Waals surface area contributed by atoms with E-state index in [-0.39, 0.29) is 48.3 Å². The van der Waals surface area contributed by atoms with Crippen molar-refractivity contribution in [1.82, 2.24) is 60.8 Å². The Morgan fingerprint density at radius 2 is 0.922 bits per heavy atom. The van der Waals surface area contributed by atoms with Gasteiger partial charge in [-0.1, -0.05) is 24.3 Å². The molecule has 0 bridgehead atoms. The molecule has 2 aromatic carbocycles. The van der Waals surface area contributed by atoms with Gasteiger partial charge in [0, 0.05) is 41.0 Å². The fourth-order valence-corrected chi connectivity index (χ4v) is 5.91. The Hall–Kier alpha value is -8.18. The zero-order valence-electron chi connectivity index (χ0n) is 35.5. The van der Waals surface area contributed by atoms with Gasteiger partial charge in [-0.2, -0.15) is 0 Å². The fourth-order valence-electron chi connectivity index (χ4n) is 5.91. The van der Waals surface area contributed by atoms with Crippen LogP contribution in [0.25, 0.3) is 0 Å². The average Bonchev–Trinajstić information content (AvgIpc) is 3.89. The van der Waals surface area contributed by atoms with Crippen LogP contribution >= 0.6 is 0 Å². The molecule has 6 N–H and O–H groups in total. The largest absolute Gasteiger partial charge is 0.501 e. The van der Waals surface area contributed by atoms with Crippen LogP contribution in [0.2, 0.25) is 0 Å². The number of aryl methyl sites for hydroxylation is 2. The summed E-state index contributed by atoms with van der Waals surface area (Å²) in [5.74, 6) is -5.76. The molecule has 0 saturated heterocycles. The molecule has 0 radical (unpaired) electrons. The van der Waals surface area contributed by atoms with Crippen molar-refractivity contribution in [1.29, 1.82) is 0 Å². The molecule has 0 spiro atoms. The van der Waals surface area contributed by atoms with Crippen LogP contribution in [0.15, 0.2) is 67.0 Å². The lowest BCUT2D eigenvalue weighted by atomic mass is 10.0. The van der Waals surface area contributed by atoms with Gasteiger partial charge in [0.2, 0.25) is 23.3 Å². The molecular formula is C40H42F2N12O10. The quantitative estimate of drug-likeness (QED) is 0.102. The second-order valence-electron chi connectivity index (χ2n) is 15.0. The Balaban J connectivity index is 0.000000241. The summed E-state index contributed by atoms with van der Waals surface area (Å²) in [5.41, 5.74) is -4.12. The number of aromatic hydroxyl groups is 2. The monoisotopic (exact) mass is 888 g/mol. The van der Waals surface area contributed by atoms with Gasteiger partial charge in [0.25, 0.3) is 22.9 Å². The van der Waals surface area contributed by atoms with Gasteiger partial charge in [-0.25, -0.2) is 18.7 Å². The number of hydrogen-bond donors (Lipinski definition) is 6. The van der Waals surface area contributed by atoms with Crippen LogP contribution in [0.5, 0.6) is 11.5 Å². The van der Waals surface area contributed by atoms with E-state index in [1.165, 1.54) is 76.5 Å². The van der Waals surface area contributed by atoms with Gasteiger partial charge in [0.05, 0.1) is 11.1 Å². The minimum absolute atomic E-state index is 0.00294. The molecule has 0 saturated carbocycles. The highest BCUT2D eigenvalue weighted by molar-refractivity contribution is 5.95. The van der Waals surface area contributed by atoms with E-state index in [0.29, 0.717) is 11.1 Å². The molecule has 336 valence electrons. The fraction of sp³-hybridized carbons (Fsp3) is 0.300. The number of rotatable bonds is 12. The van der Waals surface area contributed by atoms with Gasteiger partial charge in [-0.15, -0.1) is 20.4 Å². The molecule has 0 unspecified atom stereocenters. The zero-order valence-corrected chi connectivity index (χ0v) is 35.5. The molecule has 22 nitrogen and oxygen atoms in total. The highest BCUT2D eigenvalue weighted by Crippen LogP contribution is 2.22. The smallest absolute Gasteiger partial charge is 0.309 e. The first-order valence-corrected chi connectivity index (χ1v) is 18.9. The van der Waals surface area contributed by atoms with Crippen molar-refractivity contribution in [2.24, 2.45) is 14.1 Å². The molecule has 4 aromatic heterocycles. The summed E-state index contributed by atoms with van der Waals surface area (Å²) in [5, 5.41) is 45.1. The van der Waals surface area contributed by atoms with Gasteiger partial charge < -0.3 is 40.3 Å². The van der Waals surface area contributed by atoms with E-state index in [1.54, 1.807) is 27.7 Å². The third-order valence-corrected chi connectivity index (χ3v) is 9.11. The van der Waals surface area contributed by atoms with E-state index in [2.05, 4.69) is 51.6 Å². The zero-order chi connectivity index (χ0) is 47.3. The number of aromatic nitrogens is 8. The van der Waals surface area contributed by atoms with Crippen molar-refractivity contribution >= 4 is 23.6 Å². The summed E-state index contributed by atoms with van der Waals surface area (Å²) in [6.45, 7) is 9.28. The molecule has 0 atom stereocenters. The van der Waals surface area contributed by atoms with Crippen LogP contribution in [-0.4, -0.2) is 73.3 Å². The lowest BCUT2D eigenvalue weighted by Gasteiger charge is -2.27. The maximum Gasteiger partial charge on any atom is 0.309 e. The molecule has 24 heteroatoms. The number of carbonyl (C=O) groups excluding carboxylic acids is 4. The first-order valence-electron chi connectivity index (χ1n) is 18.9. The number of halogens is 2. The lowest BCUT2D eigenvalue weighted by molar-refractivity contribution is 0.0860. The average molecular weight is 889 g/mol. The Morgan fingerprint density at radius 3 is 1.22 bits per heavy atom. The summed E-state index contributed by atoms with van der Waals surface area (Å²) in [6, 6.07) is 10.9.